The van der Waals surface area contributed by atoms with E-state index in [4.69, 9.17) is 4.74 Å². The van der Waals surface area contributed by atoms with Crippen molar-refractivity contribution >= 4 is 11.7 Å². The van der Waals surface area contributed by atoms with Crippen LogP contribution in [0.4, 0.5) is 5.69 Å². The molecule has 3 heterocycles. The van der Waals surface area contributed by atoms with Gasteiger partial charge in [-0.1, -0.05) is 0 Å². The number of aryl methyl sites for hydroxylation is 2. The van der Waals surface area contributed by atoms with E-state index < -0.39 is 11.6 Å². The molecule has 0 unspecified atom stereocenters. The first-order chi connectivity index (χ1) is 11.5. The molecular weight excluding hydrogens is 306 g/mol. The normalized spacial score (nSPS) is 16.7. The van der Waals surface area contributed by atoms with Crippen molar-refractivity contribution in [2.24, 2.45) is 0 Å². The molecule has 0 bridgehead atoms. The Morgan fingerprint density at radius 1 is 1.17 bits per heavy atom. The molecule has 1 aliphatic heterocycles. The number of aromatic nitrogens is 2. The fourth-order valence-electron chi connectivity index (χ4n) is 3.03. The fourth-order valence-corrected chi connectivity index (χ4v) is 3.03. The minimum absolute atomic E-state index is 0.415. The maximum atomic E-state index is 11.9. The molecule has 1 saturated heterocycles. The first-order valence-corrected chi connectivity index (χ1v) is 8.02. The number of carboxylic acids is 1. The van der Waals surface area contributed by atoms with Gasteiger partial charge in [-0.05, 0) is 38.1 Å². The van der Waals surface area contributed by atoms with Crippen molar-refractivity contribution in [3.05, 3.63) is 48.0 Å². The Labute approximate surface area is 141 Å². The summed E-state index contributed by atoms with van der Waals surface area (Å²) in [4.78, 5) is 22.5. The smallest absolute Gasteiger partial charge is 0.348 e. The van der Waals surface area contributed by atoms with Gasteiger partial charge in [0.1, 0.15) is 5.75 Å². The van der Waals surface area contributed by atoms with Gasteiger partial charge in [0, 0.05) is 49.7 Å². The number of hydrogen-bond acceptors (Lipinski definition) is 5. The summed E-state index contributed by atoms with van der Waals surface area (Å²) in [5.41, 5.74) is 1.45. The van der Waals surface area contributed by atoms with Gasteiger partial charge in [0.15, 0.2) is 0 Å². The van der Waals surface area contributed by atoms with E-state index in [1.165, 1.54) is 0 Å². The van der Waals surface area contributed by atoms with Crippen LogP contribution in [-0.2, 0) is 4.79 Å². The molecule has 6 nitrogen and oxygen atoms in total. The second-order valence-electron chi connectivity index (χ2n) is 6.13. The third-order valence-corrected chi connectivity index (χ3v) is 4.47. The van der Waals surface area contributed by atoms with Gasteiger partial charge >= 0.3 is 5.97 Å². The topological polar surface area (TPSA) is 75.6 Å². The van der Waals surface area contributed by atoms with E-state index in [1.807, 2.05) is 32.0 Å². The number of nitrogens with zero attached hydrogens (tertiary/aromatic N) is 3. The number of hydrogen-bond donors (Lipinski definition) is 1. The molecule has 0 aliphatic carbocycles. The first kappa shape index (κ1) is 16.2. The molecule has 6 heteroatoms. The minimum atomic E-state index is -1.20. The Hall–Kier alpha value is -2.63. The van der Waals surface area contributed by atoms with Crippen LogP contribution in [0.5, 0.6) is 5.75 Å². The molecule has 0 aromatic carbocycles. The predicted molar refractivity (Wildman–Crippen MR) is 90.4 cm³/mol. The van der Waals surface area contributed by atoms with Crippen LogP contribution in [0.3, 0.4) is 0 Å². The Morgan fingerprint density at radius 2 is 1.83 bits per heavy atom. The van der Waals surface area contributed by atoms with Crippen molar-refractivity contribution in [1.82, 2.24) is 9.97 Å². The molecule has 0 amide bonds. The van der Waals surface area contributed by atoms with Crippen LogP contribution < -0.4 is 9.64 Å². The van der Waals surface area contributed by atoms with Crippen LogP contribution in [0, 0.1) is 13.8 Å². The summed E-state index contributed by atoms with van der Waals surface area (Å²) in [5, 5.41) is 9.78. The molecule has 0 saturated carbocycles. The average molecular weight is 327 g/mol. The highest BCUT2D eigenvalue weighted by Gasteiger charge is 2.44. The molecule has 0 radical (unpaired) electrons. The third-order valence-electron chi connectivity index (χ3n) is 4.47. The van der Waals surface area contributed by atoms with Gasteiger partial charge in [0.2, 0.25) is 5.60 Å². The van der Waals surface area contributed by atoms with Gasteiger partial charge in [0.05, 0.1) is 5.69 Å². The number of rotatable bonds is 4. The number of ether oxygens (including phenoxy) is 1. The highest BCUT2D eigenvalue weighted by Crippen LogP contribution is 2.32. The molecule has 3 rings (SSSR count). The standard InChI is InChI=1S/C18H21N3O3/c1-13-3-4-16(14(2)20-13)24-18(17(22)23)7-11-21(12-8-18)15-5-9-19-10-6-15/h3-6,9-10H,7-8,11-12H2,1-2H3,(H,22,23). The van der Waals surface area contributed by atoms with Gasteiger partial charge in [-0.2, -0.15) is 0 Å². The number of carbonyl (C=O) groups is 1. The molecule has 1 aliphatic rings. The van der Waals surface area contributed by atoms with Gasteiger partial charge in [-0.3, -0.25) is 9.97 Å². The molecule has 1 N–H and O–H groups in total. The summed E-state index contributed by atoms with van der Waals surface area (Å²) in [5.74, 6) is -0.378. The second kappa shape index (κ2) is 6.47. The van der Waals surface area contributed by atoms with Crippen LogP contribution in [0.25, 0.3) is 0 Å². The minimum Gasteiger partial charge on any atom is -0.478 e. The monoisotopic (exact) mass is 327 g/mol. The average Bonchev–Trinajstić information content (AvgIpc) is 2.59. The van der Waals surface area contributed by atoms with Crippen LogP contribution in [0.15, 0.2) is 36.7 Å². The van der Waals surface area contributed by atoms with E-state index in [-0.39, 0.29) is 0 Å². The lowest BCUT2D eigenvalue weighted by Gasteiger charge is -2.40. The maximum absolute atomic E-state index is 11.9. The summed E-state index contributed by atoms with van der Waals surface area (Å²) < 4.78 is 5.97. The maximum Gasteiger partial charge on any atom is 0.348 e. The molecule has 1 fully saturated rings. The zero-order valence-corrected chi connectivity index (χ0v) is 13.9. The first-order valence-electron chi connectivity index (χ1n) is 8.02. The number of piperidine rings is 1. The van der Waals surface area contributed by atoms with E-state index in [0.29, 0.717) is 37.4 Å². The fraction of sp³-hybridized carbons (Fsp3) is 0.389. The Kier molecular flexibility index (Phi) is 4.38. The van der Waals surface area contributed by atoms with Crippen molar-refractivity contribution < 1.29 is 14.6 Å². The zero-order chi connectivity index (χ0) is 17.2. The highest BCUT2D eigenvalue weighted by molar-refractivity contribution is 5.78. The Bertz CT molecular complexity index is 726. The predicted octanol–water partition coefficient (Wildman–Crippen LogP) is 2.60. The molecule has 24 heavy (non-hydrogen) atoms. The van der Waals surface area contributed by atoms with Gasteiger partial charge in [-0.25, -0.2) is 4.79 Å². The Morgan fingerprint density at radius 3 is 2.42 bits per heavy atom. The van der Waals surface area contributed by atoms with E-state index in [9.17, 15) is 9.90 Å². The quantitative estimate of drug-likeness (QED) is 0.930. The zero-order valence-electron chi connectivity index (χ0n) is 13.9. The molecule has 126 valence electrons. The number of carboxylic acid groups (broad SMARTS) is 1. The van der Waals surface area contributed by atoms with Gasteiger partial charge in [0.25, 0.3) is 0 Å². The van der Waals surface area contributed by atoms with Crippen LogP contribution in [-0.4, -0.2) is 39.7 Å². The lowest BCUT2D eigenvalue weighted by Crippen LogP contribution is -2.53. The van der Waals surface area contributed by atoms with Crippen LogP contribution >= 0.6 is 0 Å². The van der Waals surface area contributed by atoms with Crippen molar-refractivity contribution in [2.75, 3.05) is 18.0 Å². The van der Waals surface area contributed by atoms with E-state index in [1.54, 1.807) is 18.5 Å². The third kappa shape index (κ3) is 3.18. The lowest BCUT2D eigenvalue weighted by molar-refractivity contribution is -0.157. The summed E-state index contributed by atoms with van der Waals surface area (Å²) in [6.45, 7) is 4.98. The van der Waals surface area contributed by atoms with Gasteiger partial charge < -0.3 is 14.7 Å². The number of pyridine rings is 2. The molecular formula is C18H21N3O3. The summed E-state index contributed by atoms with van der Waals surface area (Å²) >= 11 is 0. The Balaban J connectivity index is 1.78. The second-order valence-corrected chi connectivity index (χ2v) is 6.13. The lowest BCUT2D eigenvalue weighted by atomic mass is 9.90. The van der Waals surface area contributed by atoms with Gasteiger partial charge in [-0.15, -0.1) is 0 Å². The molecule has 2 aromatic rings. The van der Waals surface area contributed by atoms with Crippen molar-refractivity contribution in [3.63, 3.8) is 0 Å². The van der Waals surface area contributed by atoms with E-state index in [2.05, 4.69) is 14.9 Å². The van der Waals surface area contributed by atoms with Crippen LogP contribution in [0.1, 0.15) is 24.2 Å². The SMILES string of the molecule is Cc1ccc(OC2(C(=O)O)CCN(c3ccncc3)CC2)c(C)n1. The molecule has 0 spiro atoms. The summed E-state index contributed by atoms with van der Waals surface area (Å²) in [7, 11) is 0. The number of aliphatic carboxylic acids is 1. The van der Waals surface area contributed by atoms with Crippen molar-refractivity contribution in [1.29, 1.82) is 0 Å². The van der Waals surface area contributed by atoms with Crippen LogP contribution in [0.2, 0.25) is 0 Å². The molecule has 2 aromatic heterocycles. The number of anilines is 1. The molecule has 0 atom stereocenters. The summed E-state index contributed by atoms with van der Waals surface area (Å²) in [6, 6.07) is 7.51. The largest absolute Gasteiger partial charge is 0.478 e. The van der Waals surface area contributed by atoms with Crippen molar-refractivity contribution in [3.8, 4) is 5.75 Å². The summed E-state index contributed by atoms with van der Waals surface area (Å²) in [6.07, 6.45) is 4.31. The van der Waals surface area contributed by atoms with E-state index in [0.717, 1.165) is 11.4 Å². The van der Waals surface area contributed by atoms with Crippen molar-refractivity contribution in [2.45, 2.75) is 32.3 Å². The highest BCUT2D eigenvalue weighted by atomic mass is 16.5. The van der Waals surface area contributed by atoms with E-state index >= 15 is 0 Å².